The maximum atomic E-state index is 12.8. The zero-order valence-electron chi connectivity index (χ0n) is 44.7. The van der Waals surface area contributed by atoms with Gasteiger partial charge >= 0.3 is 17.9 Å². The average molecular weight is 940 g/mol. The van der Waals surface area contributed by atoms with Crippen LogP contribution in [0.2, 0.25) is 0 Å². The Morgan fingerprint density at radius 1 is 0.313 bits per heavy atom. The van der Waals surface area contributed by atoms with E-state index in [1.54, 1.807) is 0 Å². The molecule has 0 aliphatic carbocycles. The number of allylic oxidation sites excluding steroid dienone is 8. The molecule has 0 aliphatic heterocycles. The summed E-state index contributed by atoms with van der Waals surface area (Å²) in [6.45, 7) is 6.53. The SMILES string of the molecule is CC\C=C/C=C\C=C/C=C\CCCCCCCC(=O)OC(COC(=O)CCCCCCCCCCCCCCCCC)COC(=O)CCCCCCCCCCCCCCCCCCCCC. The molecule has 6 heteroatoms. The van der Waals surface area contributed by atoms with E-state index in [1.807, 2.05) is 18.2 Å². The second-order valence-electron chi connectivity index (χ2n) is 19.6. The quantitative estimate of drug-likeness (QED) is 0.0262. The van der Waals surface area contributed by atoms with Crippen LogP contribution < -0.4 is 0 Å². The second-order valence-corrected chi connectivity index (χ2v) is 19.6. The highest BCUT2D eigenvalue weighted by Gasteiger charge is 2.19. The molecule has 0 amide bonds. The van der Waals surface area contributed by atoms with Crippen LogP contribution in [0.3, 0.4) is 0 Å². The van der Waals surface area contributed by atoms with Gasteiger partial charge in [-0.1, -0.05) is 294 Å². The van der Waals surface area contributed by atoms with E-state index in [0.29, 0.717) is 19.3 Å². The minimum absolute atomic E-state index is 0.0785. The Morgan fingerprint density at radius 2 is 0.582 bits per heavy atom. The molecule has 0 aromatic carbocycles. The Morgan fingerprint density at radius 3 is 0.910 bits per heavy atom. The van der Waals surface area contributed by atoms with Crippen molar-refractivity contribution in [3.8, 4) is 0 Å². The third-order valence-electron chi connectivity index (χ3n) is 12.9. The van der Waals surface area contributed by atoms with Crippen LogP contribution >= 0.6 is 0 Å². The van der Waals surface area contributed by atoms with Crippen LogP contribution in [0.25, 0.3) is 0 Å². The number of esters is 3. The Kier molecular flexibility index (Phi) is 53.8. The zero-order chi connectivity index (χ0) is 48.6. The van der Waals surface area contributed by atoms with E-state index in [2.05, 4.69) is 51.2 Å². The largest absolute Gasteiger partial charge is 0.462 e. The summed E-state index contributed by atoms with van der Waals surface area (Å²) in [6, 6.07) is 0. The fourth-order valence-electron chi connectivity index (χ4n) is 8.57. The second kappa shape index (κ2) is 56.0. The molecule has 0 bridgehead atoms. The molecule has 1 atom stereocenters. The summed E-state index contributed by atoms with van der Waals surface area (Å²) >= 11 is 0. The molecule has 0 heterocycles. The van der Waals surface area contributed by atoms with Crippen LogP contribution in [-0.4, -0.2) is 37.2 Å². The van der Waals surface area contributed by atoms with Gasteiger partial charge in [-0.2, -0.15) is 0 Å². The highest BCUT2D eigenvalue weighted by Crippen LogP contribution is 2.17. The number of carbonyl (C=O) groups excluding carboxylic acids is 3. The van der Waals surface area contributed by atoms with Crippen molar-refractivity contribution < 1.29 is 28.6 Å². The lowest BCUT2D eigenvalue weighted by molar-refractivity contribution is -0.167. The van der Waals surface area contributed by atoms with Gasteiger partial charge in [0.15, 0.2) is 6.10 Å². The van der Waals surface area contributed by atoms with Gasteiger partial charge < -0.3 is 14.2 Å². The molecule has 0 aliphatic rings. The average Bonchev–Trinajstić information content (AvgIpc) is 3.33. The molecule has 0 N–H and O–H groups in total. The summed E-state index contributed by atoms with van der Waals surface area (Å²) in [5.41, 5.74) is 0. The molecule has 67 heavy (non-hydrogen) atoms. The highest BCUT2D eigenvalue weighted by molar-refractivity contribution is 5.71. The normalized spacial score (nSPS) is 12.3. The van der Waals surface area contributed by atoms with E-state index < -0.39 is 6.10 Å². The standard InChI is InChI=1S/C61H110O6/c1-4-7-10-13-16-19-22-25-28-29-30-31-34-36-39-42-45-48-51-54-60(63)66-57-58(67-61(64)55-52-49-46-43-40-37-33-27-24-21-18-15-12-9-6-3)56-65-59(62)53-50-47-44-41-38-35-32-26-23-20-17-14-11-8-5-2/h9,12,15,18,21,24,27,33,58H,4-8,10-11,13-14,16-17,19-20,22-23,25-26,28-32,34-57H2,1-3H3/b12-9-,18-15-,24-21-,33-27-. The lowest BCUT2D eigenvalue weighted by atomic mass is 10.0. The van der Waals surface area contributed by atoms with Crippen LogP contribution in [0.4, 0.5) is 0 Å². The monoisotopic (exact) mass is 939 g/mol. The van der Waals surface area contributed by atoms with Crippen molar-refractivity contribution in [1.29, 1.82) is 0 Å². The Balaban J connectivity index is 4.34. The zero-order valence-corrected chi connectivity index (χ0v) is 44.7. The molecule has 6 nitrogen and oxygen atoms in total. The molecule has 0 rings (SSSR count). The van der Waals surface area contributed by atoms with Gasteiger partial charge in [0.25, 0.3) is 0 Å². The van der Waals surface area contributed by atoms with E-state index >= 15 is 0 Å². The molecule has 390 valence electrons. The molecule has 0 saturated heterocycles. The first-order valence-corrected chi connectivity index (χ1v) is 29.2. The topological polar surface area (TPSA) is 78.9 Å². The van der Waals surface area contributed by atoms with Gasteiger partial charge in [0.2, 0.25) is 0 Å². The van der Waals surface area contributed by atoms with Crippen molar-refractivity contribution in [2.24, 2.45) is 0 Å². The van der Waals surface area contributed by atoms with Crippen LogP contribution in [0, 0.1) is 0 Å². The van der Waals surface area contributed by atoms with E-state index in [0.717, 1.165) is 83.5 Å². The lowest BCUT2D eigenvalue weighted by Crippen LogP contribution is -2.30. The summed E-state index contributed by atoms with van der Waals surface area (Å²) in [6.07, 6.45) is 68.2. The smallest absolute Gasteiger partial charge is 0.306 e. The Hall–Kier alpha value is -2.63. The predicted molar refractivity (Wildman–Crippen MR) is 289 cm³/mol. The maximum Gasteiger partial charge on any atom is 0.306 e. The lowest BCUT2D eigenvalue weighted by Gasteiger charge is -2.18. The fraction of sp³-hybridized carbons (Fsp3) is 0.820. The van der Waals surface area contributed by atoms with Crippen molar-refractivity contribution in [2.45, 2.75) is 309 Å². The van der Waals surface area contributed by atoms with Gasteiger partial charge in [-0.25, -0.2) is 0 Å². The van der Waals surface area contributed by atoms with Crippen molar-refractivity contribution >= 4 is 17.9 Å². The summed E-state index contributed by atoms with van der Waals surface area (Å²) in [5.74, 6) is -0.884. The Bertz CT molecular complexity index is 1170. The molecule has 0 fully saturated rings. The fourth-order valence-corrected chi connectivity index (χ4v) is 8.57. The number of hydrogen-bond donors (Lipinski definition) is 0. The first-order chi connectivity index (χ1) is 33.0. The molecule has 0 aromatic heterocycles. The predicted octanol–water partition coefficient (Wildman–Crippen LogP) is 19.4. The van der Waals surface area contributed by atoms with Crippen LogP contribution in [0.5, 0.6) is 0 Å². The maximum absolute atomic E-state index is 12.8. The molecule has 0 spiro atoms. The highest BCUT2D eigenvalue weighted by atomic mass is 16.6. The minimum atomic E-state index is -0.782. The third kappa shape index (κ3) is 54.2. The van der Waals surface area contributed by atoms with Gasteiger partial charge in [-0.05, 0) is 38.5 Å². The van der Waals surface area contributed by atoms with E-state index in [9.17, 15) is 14.4 Å². The molecular weight excluding hydrogens is 829 g/mol. The summed E-state index contributed by atoms with van der Waals surface area (Å²) in [5, 5.41) is 0. The minimum Gasteiger partial charge on any atom is -0.462 e. The first kappa shape index (κ1) is 64.4. The van der Waals surface area contributed by atoms with Crippen molar-refractivity contribution in [2.75, 3.05) is 13.2 Å². The number of carbonyl (C=O) groups is 3. The van der Waals surface area contributed by atoms with E-state index in [4.69, 9.17) is 14.2 Å². The molecule has 1 unspecified atom stereocenters. The molecule has 0 radical (unpaired) electrons. The number of hydrogen-bond acceptors (Lipinski definition) is 6. The van der Waals surface area contributed by atoms with E-state index in [1.165, 1.54) is 180 Å². The number of rotatable bonds is 53. The van der Waals surface area contributed by atoms with Gasteiger partial charge in [0.05, 0.1) is 0 Å². The van der Waals surface area contributed by atoms with Crippen LogP contribution in [-0.2, 0) is 28.6 Å². The summed E-state index contributed by atoms with van der Waals surface area (Å²) < 4.78 is 16.9. The van der Waals surface area contributed by atoms with Gasteiger partial charge in [0, 0.05) is 19.3 Å². The number of unbranched alkanes of at least 4 members (excludes halogenated alkanes) is 37. The van der Waals surface area contributed by atoms with Gasteiger partial charge in [0.1, 0.15) is 13.2 Å². The van der Waals surface area contributed by atoms with E-state index in [-0.39, 0.29) is 31.1 Å². The number of ether oxygens (including phenoxy) is 3. The van der Waals surface area contributed by atoms with Crippen LogP contribution in [0.1, 0.15) is 303 Å². The van der Waals surface area contributed by atoms with Gasteiger partial charge in [-0.15, -0.1) is 0 Å². The summed E-state index contributed by atoms with van der Waals surface area (Å²) in [4.78, 5) is 38.2. The molecule has 0 aromatic rings. The van der Waals surface area contributed by atoms with Crippen LogP contribution in [0.15, 0.2) is 48.6 Å². The molecule has 0 saturated carbocycles. The Labute approximate surface area is 416 Å². The van der Waals surface area contributed by atoms with Crippen molar-refractivity contribution in [3.05, 3.63) is 48.6 Å². The van der Waals surface area contributed by atoms with Crippen molar-refractivity contribution in [3.63, 3.8) is 0 Å². The molecular formula is C61H110O6. The van der Waals surface area contributed by atoms with Gasteiger partial charge in [-0.3, -0.25) is 14.4 Å². The van der Waals surface area contributed by atoms with Crippen molar-refractivity contribution in [1.82, 2.24) is 0 Å². The first-order valence-electron chi connectivity index (χ1n) is 29.2. The third-order valence-corrected chi connectivity index (χ3v) is 12.9. The summed E-state index contributed by atoms with van der Waals surface area (Å²) in [7, 11) is 0.